The van der Waals surface area contributed by atoms with E-state index in [1.165, 1.54) is 11.1 Å². The van der Waals surface area contributed by atoms with Gasteiger partial charge in [0.2, 0.25) is 0 Å². The summed E-state index contributed by atoms with van der Waals surface area (Å²) in [5.41, 5.74) is 4.03. The molecule has 0 saturated carbocycles. The van der Waals surface area contributed by atoms with Gasteiger partial charge in [-0.25, -0.2) is 0 Å². The van der Waals surface area contributed by atoms with Crippen molar-refractivity contribution in [1.29, 1.82) is 5.26 Å². The molecular formula is C33H36N4O3. The van der Waals surface area contributed by atoms with E-state index in [0.29, 0.717) is 42.2 Å². The van der Waals surface area contributed by atoms with E-state index in [4.69, 9.17) is 10.00 Å². The van der Waals surface area contributed by atoms with Crippen LogP contribution in [0.2, 0.25) is 0 Å². The number of pyridine rings is 1. The van der Waals surface area contributed by atoms with Crippen LogP contribution >= 0.6 is 0 Å². The largest absolute Gasteiger partial charge is 0.490 e. The van der Waals surface area contributed by atoms with Gasteiger partial charge in [-0.05, 0) is 80.7 Å². The van der Waals surface area contributed by atoms with Gasteiger partial charge in [-0.15, -0.1) is 0 Å². The van der Waals surface area contributed by atoms with Gasteiger partial charge in [-0.3, -0.25) is 19.5 Å². The molecule has 0 aliphatic carbocycles. The third kappa shape index (κ3) is 7.13. The lowest BCUT2D eigenvalue weighted by Gasteiger charge is -2.32. The molecule has 7 heteroatoms. The molecule has 40 heavy (non-hydrogen) atoms. The molecule has 1 amide bonds. The SMILES string of the molecule is Cc1ccc(OC2CCN(C(=O)c3ccc(C(=O)CC4CCN(Cc5ccc(C#N)cc5)CC4)cn3)CC2)cc1. The fourth-order valence-electron chi connectivity index (χ4n) is 5.50. The highest BCUT2D eigenvalue weighted by Crippen LogP contribution is 2.24. The Morgan fingerprint density at radius 1 is 0.925 bits per heavy atom. The standard InChI is InChI=1S/C33H36N4O3/c1-24-2-9-29(10-3-24)40-30-14-18-37(19-15-30)33(39)31-11-8-28(22-35-31)32(38)20-25-12-16-36(17-13-25)23-27-6-4-26(21-34)5-7-27/h2-11,22,25,30H,12-20,23H2,1H3. The zero-order valence-corrected chi connectivity index (χ0v) is 23.1. The van der Waals surface area contributed by atoms with Gasteiger partial charge in [-0.2, -0.15) is 5.26 Å². The van der Waals surface area contributed by atoms with Crippen molar-refractivity contribution in [3.63, 3.8) is 0 Å². The highest BCUT2D eigenvalue weighted by molar-refractivity contribution is 5.97. The van der Waals surface area contributed by atoms with Crippen molar-refractivity contribution in [2.45, 2.75) is 51.7 Å². The summed E-state index contributed by atoms with van der Waals surface area (Å²) in [4.78, 5) is 34.5. The minimum Gasteiger partial charge on any atom is -0.490 e. The smallest absolute Gasteiger partial charge is 0.272 e. The minimum absolute atomic E-state index is 0.0890. The second kappa shape index (κ2) is 12.9. The first kappa shape index (κ1) is 27.5. The van der Waals surface area contributed by atoms with Crippen molar-refractivity contribution in [2.75, 3.05) is 26.2 Å². The number of carbonyl (C=O) groups is 2. The summed E-state index contributed by atoms with van der Waals surface area (Å²) in [7, 11) is 0. The molecule has 3 heterocycles. The normalized spacial score (nSPS) is 16.9. The Hall–Kier alpha value is -4.02. The van der Waals surface area contributed by atoms with E-state index >= 15 is 0 Å². The molecule has 206 valence electrons. The Kier molecular flexibility index (Phi) is 8.87. The average molecular weight is 537 g/mol. The fraction of sp³-hybridized carbons (Fsp3) is 0.394. The number of ether oxygens (including phenoxy) is 1. The van der Waals surface area contributed by atoms with Crippen molar-refractivity contribution in [2.24, 2.45) is 5.92 Å². The Bertz CT molecular complexity index is 1330. The Morgan fingerprint density at radius 2 is 1.62 bits per heavy atom. The second-order valence-electron chi connectivity index (χ2n) is 11.0. The van der Waals surface area contributed by atoms with Crippen molar-refractivity contribution in [3.05, 3.63) is 94.8 Å². The molecule has 2 saturated heterocycles. The number of carbonyl (C=O) groups excluding carboxylic acids is 2. The molecule has 0 unspecified atom stereocenters. The molecule has 1 aromatic heterocycles. The number of amides is 1. The predicted molar refractivity (Wildman–Crippen MR) is 153 cm³/mol. The monoisotopic (exact) mass is 536 g/mol. The van der Waals surface area contributed by atoms with Gasteiger partial charge in [0.05, 0.1) is 11.6 Å². The maximum Gasteiger partial charge on any atom is 0.272 e. The molecule has 2 aromatic carbocycles. The number of ketones is 1. The first-order valence-corrected chi connectivity index (χ1v) is 14.2. The number of likely N-dealkylation sites (tertiary alicyclic amines) is 2. The molecule has 0 atom stereocenters. The Morgan fingerprint density at radius 3 is 2.25 bits per heavy atom. The van der Waals surface area contributed by atoms with Crippen molar-refractivity contribution < 1.29 is 14.3 Å². The van der Waals surface area contributed by atoms with E-state index in [2.05, 4.69) is 22.9 Å². The summed E-state index contributed by atoms with van der Waals surface area (Å²) >= 11 is 0. The van der Waals surface area contributed by atoms with Crippen LogP contribution in [0.4, 0.5) is 0 Å². The quantitative estimate of drug-likeness (QED) is 0.357. The first-order chi connectivity index (χ1) is 19.5. The van der Waals surface area contributed by atoms with Crippen LogP contribution in [-0.4, -0.2) is 58.8 Å². The number of aromatic nitrogens is 1. The zero-order chi connectivity index (χ0) is 27.9. The molecule has 0 bridgehead atoms. The third-order valence-corrected chi connectivity index (χ3v) is 8.03. The molecule has 5 rings (SSSR count). The highest BCUT2D eigenvalue weighted by atomic mass is 16.5. The van der Waals surface area contributed by atoms with Crippen molar-refractivity contribution in [3.8, 4) is 11.8 Å². The van der Waals surface area contributed by atoms with E-state index < -0.39 is 0 Å². The number of nitriles is 1. The van der Waals surface area contributed by atoms with Gasteiger partial charge < -0.3 is 9.64 Å². The third-order valence-electron chi connectivity index (χ3n) is 8.03. The lowest BCUT2D eigenvalue weighted by Crippen LogP contribution is -2.42. The van der Waals surface area contributed by atoms with Crippen molar-refractivity contribution in [1.82, 2.24) is 14.8 Å². The lowest BCUT2D eigenvalue weighted by molar-refractivity contribution is 0.0589. The van der Waals surface area contributed by atoms with E-state index in [9.17, 15) is 9.59 Å². The van der Waals surface area contributed by atoms with Crippen LogP contribution in [0.3, 0.4) is 0 Å². The Balaban J connectivity index is 1.05. The average Bonchev–Trinajstić information content (AvgIpc) is 3.00. The number of piperidine rings is 2. The van der Waals surface area contributed by atoms with Gasteiger partial charge in [-0.1, -0.05) is 29.8 Å². The molecule has 0 spiro atoms. The predicted octanol–water partition coefficient (Wildman–Crippen LogP) is 5.43. The summed E-state index contributed by atoms with van der Waals surface area (Å²) in [5, 5.41) is 8.96. The number of Topliss-reactive ketones (excluding diaryl/α,β-unsaturated/α-hetero) is 1. The first-order valence-electron chi connectivity index (χ1n) is 14.2. The van der Waals surface area contributed by atoms with E-state index in [-0.39, 0.29) is 17.8 Å². The van der Waals surface area contributed by atoms with Gasteiger partial charge >= 0.3 is 0 Å². The summed E-state index contributed by atoms with van der Waals surface area (Å²) in [6.45, 7) is 6.08. The van der Waals surface area contributed by atoms with E-state index in [0.717, 1.165) is 51.1 Å². The Labute approximate surface area is 236 Å². The van der Waals surface area contributed by atoms with Gasteiger partial charge in [0.15, 0.2) is 5.78 Å². The van der Waals surface area contributed by atoms with Gasteiger partial charge in [0.1, 0.15) is 17.5 Å². The fourth-order valence-corrected chi connectivity index (χ4v) is 5.50. The summed E-state index contributed by atoms with van der Waals surface area (Å²) < 4.78 is 6.09. The van der Waals surface area contributed by atoms with Gasteiger partial charge in [0, 0.05) is 50.7 Å². The van der Waals surface area contributed by atoms with Gasteiger partial charge in [0.25, 0.3) is 5.91 Å². The van der Waals surface area contributed by atoms with E-state index in [1.54, 1.807) is 18.3 Å². The number of rotatable bonds is 8. The maximum absolute atomic E-state index is 13.0. The summed E-state index contributed by atoms with van der Waals surface area (Å²) in [6, 6.07) is 21.4. The van der Waals surface area contributed by atoms with Crippen LogP contribution in [0.25, 0.3) is 0 Å². The summed E-state index contributed by atoms with van der Waals surface area (Å²) in [5.74, 6) is 1.22. The zero-order valence-electron chi connectivity index (χ0n) is 23.1. The lowest BCUT2D eigenvalue weighted by atomic mass is 9.90. The van der Waals surface area contributed by atoms with E-state index in [1.807, 2.05) is 53.4 Å². The summed E-state index contributed by atoms with van der Waals surface area (Å²) in [6.07, 6.45) is 5.69. The second-order valence-corrected chi connectivity index (χ2v) is 11.0. The highest BCUT2D eigenvalue weighted by Gasteiger charge is 2.26. The molecule has 7 nitrogen and oxygen atoms in total. The number of hydrogen-bond acceptors (Lipinski definition) is 6. The molecule has 2 aliphatic heterocycles. The van der Waals surface area contributed by atoms with Crippen LogP contribution in [0, 0.1) is 24.2 Å². The number of hydrogen-bond donors (Lipinski definition) is 0. The number of benzene rings is 2. The van der Waals surface area contributed by atoms with Crippen LogP contribution in [0.15, 0.2) is 66.9 Å². The molecule has 3 aromatic rings. The van der Waals surface area contributed by atoms with Crippen LogP contribution in [0.5, 0.6) is 5.75 Å². The molecule has 0 radical (unpaired) electrons. The molecule has 0 N–H and O–H groups in total. The maximum atomic E-state index is 13.0. The molecule has 2 fully saturated rings. The van der Waals surface area contributed by atoms with Crippen molar-refractivity contribution >= 4 is 11.7 Å². The van der Waals surface area contributed by atoms with Crippen LogP contribution in [-0.2, 0) is 6.54 Å². The number of nitrogens with zero attached hydrogens (tertiary/aromatic N) is 4. The number of aryl methyl sites for hydroxylation is 1. The minimum atomic E-state index is -0.0950. The molecule has 2 aliphatic rings. The topological polar surface area (TPSA) is 86.5 Å². The molecular weight excluding hydrogens is 500 g/mol. The van der Waals surface area contributed by atoms with Crippen LogP contribution < -0.4 is 4.74 Å². The van der Waals surface area contributed by atoms with Crippen LogP contribution in [0.1, 0.15) is 69.6 Å².